The van der Waals surface area contributed by atoms with E-state index in [1.165, 1.54) is 78.3 Å². The molecule has 3 aliphatic rings. The number of piperazine rings is 3. The Labute approximate surface area is 203 Å². The Balaban J connectivity index is 1.09. The molecule has 0 aromatic heterocycles. The Bertz CT molecular complexity index is 476. The van der Waals surface area contributed by atoms with Crippen molar-refractivity contribution in [1.29, 1.82) is 0 Å². The zero-order valence-electron chi connectivity index (χ0n) is 21.5. The molecule has 194 valence electrons. The largest absolute Gasteiger partial charge is 0.396 e. The van der Waals surface area contributed by atoms with Gasteiger partial charge in [-0.1, -0.05) is 0 Å². The second kappa shape index (κ2) is 16.4. The van der Waals surface area contributed by atoms with Gasteiger partial charge in [0.05, 0.1) is 6.61 Å². The Morgan fingerprint density at radius 3 is 1.36 bits per heavy atom. The van der Waals surface area contributed by atoms with Crippen LogP contribution in [-0.2, 0) is 4.74 Å². The molecule has 3 aliphatic heterocycles. The molecule has 0 aromatic carbocycles. The summed E-state index contributed by atoms with van der Waals surface area (Å²) >= 11 is 0. The van der Waals surface area contributed by atoms with Crippen LogP contribution in [0.4, 0.5) is 0 Å². The number of aliphatic hydroxyl groups is 1. The highest BCUT2D eigenvalue weighted by Gasteiger charge is 2.18. The molecule has 8 heteroatoms. The number of hydrogen-bond donors (Lipinski definition) is 1. The first-order valence-corrected chi connectivity index (χ1v) is 13.7. The Hall–Kier alpha value is -0.320. The van der Waals surface area contributed by atoms with E-state index < -0.39 is 0 Å². The fraction of sp³-hybridized carbons (Fsp3) is 1.00. The predicted molar refractivity (Wildman–Crippen MR) is 136 cm³/mol. The van der Waals surface area contributed by atoms with Gasteiger partial charge < -0.3 is 34.3 Å². The Morgan fingerprint density at radius 1 is 0.485 bits per heavy atom. The second-order valence-electron chi connectivity index (χ2n) is 10.3. The number of hydrogen-bond acceptors (Lipinski definition) is 8. The zero-order chi connectivity index (χ0) is 23.1. The molecule has 0 spiro atoms. The van der Waals surface area contributed by atoms with Crippen molar-refractivity contribution in [1.82, 2.24) is 29.4 Å². The minimum atomic E-state index is 0.310. The SMILES string of the molecule is CN1CCN(CCCCN2CCN(CCOCCCN3CCN(CCCO)CC3)CC2)CC1. The summed E-state index contributed by atoms with van der Waals surface area (Å²) in [6, 6.07) is 0. The normalized spacial score (nSPS) is 23.5. The quantitative estimate of drug-likeness (QED) is 0.338. The Kier molecular flexibility index (Phi) is 13.5. The number of rotatable bonds is 15. The van der Waals surface area contributed by atoms with Gasteiger partial charge in [0.25, 0.3) is 0 Å². The third-order valence-electron chi connectivity index (χ3n) is 7.67. The number of aliphatic hydroxyl groups excluding tert-OH is 1. The highest BCUT2D eigenvalue weighted by Crippen LogP contribution is 2.07. The van der Waals surface area contributed by atoms with Crippen LogP contribution in [0.25, 0.3) is 0 Å². The van der Waals surface area contributed by atoms with Crippen LogP contribution >= 0.6 is 0 Å². The second-order valence-corrected chi connectivity index (χ2v) is 10.3. The van der Waals surface area contributed by atoms with E-state index in [2.05, 4.69) is 36.4 Å². The van der Waals surface area contributed by atoms with Gasteiger partial charge in [0.1, 0.15) is 0 Å². The van der Waals surface area contributed by atoms with Crippen molar-refractivity contribution in [3.8, 4) is 0 Å². The molecule has 0 unspecified atom stereocenters. The average Bonchev–Trinajstić information content (AvgIpc) is 2.85. The summed E-state index contributed by atoms with van der Waals surface area (Å²) in [7, 11) is 2.23. The van der Waals surface area contributed by atoms with Crippen LogP contribution in [0, 0.1) is 0 Å². The predicted octanol–water partition coefficient (Wildman–Crippen LogP) is 0.0383. The zero-order valence-corrected chi connectivity index (χ0v) is 21.5. The number of nitrogens with zero attached hydrogens (tertiary/aromatic N) is 6. The summed E-state index contributed by atoms with van der Waals surface area (Å²) in [5, 5.41) is 8.96. The molecule has 3 heterocycles. The van der Waals surface area contributed by atoms with Gasteiger partial charge in [-0.2, -0.15) is 0 Å². The lowest BCUT2D eigenvalue weighted by Gasteiger charge is -2.35. The minimum absolute atomic E-state index is 0.310. The number of likely N-dealkylation sites (N-methyl/N-ethyl adjacent to an activating group) is 1. The molecular weight excluding hydrogens is 416 g/mol. The van der Waals surface area contributed by atoms with E-state index in [-0.39, 0.29) is 0 Å². The molecule has 0 amide bonds. The lowest BCUT2D eigenvalue weighted by Crippen LogP contribution is -2.47. The first-order valence-electron chi connectivity index (χ1n) is 13.7. The highest BCUT2D eigenvalue weighted by atomic mass is 16.5. The Morgan fingerprint density at radius 2 is 0.879 bits per heavy atom. The van der Waals surface area contributed by atoms with E-state index in [1.807, 2.05) is 0 Å². The van der Waals surface area contributed by atoms with E-state index in [1.54, 1.807) is 0 Å². The maximum Gasteiger partial charge on any atom is 0.0593 e. The number of ether oxygens (including phenoxy) is 1. The van der Waals surface area contributed by atoms with Crippen molar-refractivity contribution < 1.29 is 9.84 Å². The molecule has 0 atom stereocenters. The molecule has 1 N–H and O–H groups in total. The molecule has 3 saturated heterocycles. The molecule has 0 radical (unpaired) electrons. The van der Waals surface area contributed by atoms with Crippen molar-refractivity contribution in [2.75, 3.05) is 138 Å². The summed E-state index contributed by atoms with van der Waals surface area (Å²) in [6.45, 7) is 22.3. The van der Waals surface area contributed by atoms with Gasteiger partial charge in [-0.15, -0.1) is 0 Å². The van der Waals surface area contributed by atoms with Gasteiger partial charge in [0, 0.05) is 111 Å². The van der Waals surface area contributed by atoms with E-state index in [4.69, 9.17) is 9.84 Å². The first-order chi connectivity index (χ1) is 16.2. The van der Waals surface area contributed by atoms with Crippen LogP contribution in [-0.4, -0.2) is 173 Å². The van der Waals surface area contributed by atoms with Gasteiger partial charge in [-0.3, -0.25) is 4.90 Å². The van der Waals surface area contributed by atoms with Crippen LogP contribution in [0.1, 0.15) is 25.7 Å². The molecule has 3 fully saturated rings. The molecule has 33 heavy (non-hydrogen) atoms. The van der Waals surface area contributed by atoms with Gasteiger partial charge in [-0.25, -0.2) is 0 Å². The minimum Gasteiger partial charge on any atom is -0.396 e. The average molecular weight is 469 g/mol. The smallest absolute Gasteiger partial charge is 0.0593 e. The third-order valence-corrected chi connectivity index (χ3v) is 7.67. The van der Waals surface area contributed by atoms with Crippen LogP contribution < -0.4 is 0 Å². The van der Waals surface area contributed by atoms with Gasteiger partial charge >= 0.3 is 0 Å². The van der Waals surface area contributed by atoms with Crippen molar-refractivity contribution in [2.24, 2.45) is 0 Å². The van der Waals surface area contributed by atoms with E-state index in [9.17, 15) is 0 Å². The van der Waals surface area contributed by atoms with Gasteiger partial charge in [0.15, 0.2) is 0 Å². The maximum atomic E-state index is 8.96. The third kappa shape index (κ3) is 11.3. The first kappa shape index (κ1) is 27.3. The maximum absolute atomic E-state index is 8.96. The van der Waals surface area contributed by atoms with Crippen LogP contribution in [0.5, 0.6) is 0 Å². The van der Waals surface area contributed by atoms with Crippen LogP contribution in [0.15, 0.2) is 0 Å². The lowest BCUT2D eigenvalue weighted by atomic mass is 10.2. The van der Waals surface area contributed by atoms with Crippen molar-refractivity contribution in [2.45, 2.75) is 25.7 Å². The summed E-state index contributed by atoms with van der Waals surface area (Å²) in [5.41, 5.74) is 0. The van der Waals surface area contributed by atoms with Gasteiger partial charge in [0.2, 0.25) is 0 Å². The molecule has 0 bridgehead atoms. The van der Waals surface area contributed by atoms with E-state index in [0.29, 0.717) is 6.61 Å². The van der Waals surface area contributed by atoms with Crippen LogP contribution in [0.2, 0.25) is 0 Å². The van der Waals surface area contributed by atoms with Crippen molar-refractivity contribution in [3.05, 3.63) is 0 Å². The van der Waals surface area contributed by atoms with Gasteiger partial charge in [-0.05, 0) is 45.8 Å². The summed E-state index contributed by atoms with van der Waals surface area (Å²) < 4.78 is 5.94. The fourth-order valence-corrected chi connectivity index (χ4v) is 5.20. The molecule has 0 saturated carbocycles. The lowest BCUT2D eigenvalue weighted by molar-refractivity contribution is 0.0658. The molecule has 0 aliphatic carbocycles. The highest BCUT2D eigenvalue weighted by molar-refractivity contribution is 4.74. The molecular formula is C25H52N6O2. The van der Waals surface area contributed by atoms with Crippen molar-refractivity contribution >= 4 is 0 Å². The fourth-order valence-electron chi connectivity index (χ4n) is 5.20. The molecule has 3 rings (SSSR count). The van der Waals surface area contributed by atoms with E-state index in [0.717, 1.165) is 71.9 Å². The van der Waals surface area contributed by atoms with E-state index >= 15 is 0 Å². The van der Waals surface area contributed by atoms with Crippen LogP contribution in [0.3, 0.4) is 0 Å². The summed E-state index contributed by atoms with van der Waals surface area (Å²) in [4.78, 5) is 15.3. The molecule has 8 nitrogen and oxygen atoms in total. The number of unbranched alkanes of at least 4 members (excludes halogenated alkanes) is 1. The molecule has 0 aromatic rings. The topological polar surface area (TPSA) is 48.9 Å². The summed E-state index contributed by atoms with van der Waals surface area (Å²) in [6.07, 6.45) is 4.73. The standard InChI is InChI=1S/C25H52N6O2/c1-26-10-12-27(13-11-26)6-2-3-7-28-18-20-31(21-19-28)22-25-33-24-5-9-30-16-14-29(15-17-30)8-4-23-32/h32H,2-25H2,1H3. The summed E-state index contributed by atoms with van der Waals surface area (Å²) in [5.74, 6) is 0. The van der Waals surface area contributed by atoms with Crippen molar-refractivity contribution in [3.63, 3.8) is 0 Å². The monoisotopic (exact) mass is 468 g/mol.